The third-order valence-corrected chi connectivity index (χ3v) is 8.13. The van der Waals surface area contributed by atoms with Gasteiger partial charge in [0.1, 0.15) is 17.5 Å². The van der Waals surface area contributed by atoms with Gasteiger partial charge in [-0.1, -0.05) is 6.07 Å². The van der Waals surface area contributed by atoms with Crippen LogP contribution < -0.4 is 10.6 Å². The number of hydrogen-bond donors (Lipinski definition) is 2. The molecule has 190 valence electrons. The van der Waals surface area contributed by atoms with Crippen molar-refractivity contribution in [3.63, 3.8) is 0 Å². The van der Waals surface area contributed by atoms with Crippen molar-refractivity contribution in [3.8, 4) is 6.07 Å². The van der Waals surface area contributed by atoms with Gasteiger partial charge in [-0.25, -0.2) is 14.2 Å². The number of hydrogen-bond acceptors (Lipinski definition) is 9. The Morgan fingerprint density at radius 2 is 2.03 bits per heavy atom. The largest absolute Gasteiger partial charge is 0.324 e. The van der Waals surface area contributed by atoms with Crippen LogP contribution >= 0.6 is 0 Å². The molecule has 6 rings (SSSR count). The van der Waals surface area contributed by atoms with Crippen LogP contribution in [0.25, 0.3) is 0 Å². The lowest BCUT2D eigenvalue weighted by atomic mass is 9.71. The minimum Gasteiger partial charge on any atom is -0.324 e. The van der Waals surface area contributed by atoms with E-state index in [9.17, 15) is 9.47 Å². The number of anilines is 4. The smallest absolute Gasteiger partial charge is 0.229 e. The third-order valence-electron chi connectivity index (χ3n) is 7.50. The van der Waals surface area contributed by atoms with Gasteiger partial charge in [0.2, 0.25) is 5.95 Å². The molecule has 1 atom stereocenters. The fourth-order valence-electron chi connectivity index (χ4n) is 5.79. The van der Waals surface area contributed by atoms with E-state index in [1.54, 1.807) is 36.3 Å². The molecule has 1 unspecified atom stereocenters. The second-order valence-electron chi connectivity index (χ2n) is 10.8. The van der Waals surface area contributed by atoms with Gasteiger partial charge in [0, 0.05) is 41.0 Å². The average molecular weight is 515 g/mol. The minimum absolute atomic E-state index is 0.298. The van der Waals surface area contributed by atoms with Crippen LogP contribution in [-0.4, -0.2) is 50.2 Å². The summed E-state index contributed by atoms with van der Waals surface area (Å²) in [6, 6.07) is 11.9. The Labute approximate surface area is 217 Å². The van der Waals surface area contributed by atoms with Crippen molar-refractivity contribution in [3.05, 3.63) is 58.8 Å². The number of fused-ring (bicyclic) bond motifs is 1. The molecular weight excluding hydrogens is 484 g/mol. The first-order chi connectivity index (χ1) is 17.7. The SMILES string of the molecule is CN1Cc2cc(Nc3ncc(C#N)c(Nc4cccc(N=S(C)(C)=O)n4)n3)cc3c2C(CCC32CC2)C1. The number of rotatable bonds is 5. The molecule has 2 aliphatic carbocycles. The molecule has 3 aliphatic rings. The number of likely N-dealkylation sites (N-methyl/N-ethyl adjacent to an activating group) is 1. The van der Waals surface area contributed by atoms with Gasteiger partial charge < -0.3 is 15.5 Å². The van der Waals surface area contributed by atoms with E-state index in [0.29, 0.717) is 40.3 Å². The highest BCUT2D eigenvalue weighted by molar-refractivity contribution is 7.92. The Bertz CT molecular complexity index is 1560. The van der Waals surface area contributed by atoms with Gasteiger partial charge in [0.25, 0.3) is 0 Å². The zero-order chi connectivity index (χ0) is 25.8. The topological polar surface area (TPSA) is 119 Å². The lowest BCUT2D eigenvalue weighted by Gasteiger charge is -2.40. The first kappa shape index (κ1) is 23.8. The van der Waals surface area contributed by atoms with Crippen LogP contribution in [0, 0.1) is 11.3 Å². The molecule has 2 N–H and O–H groups in total. The molecule has 1 aromatic carbocycles. The highest BCUT2D eigenvalue weighted by Gasteiger charge is 2.50. The van der Waals surface area contributed by atoms with Gasteiger partial charge in [-0.15, -0.1) is 0 Å². The summed E-state index contributed by atoms with van der Waals surface area (Å²) in [6.45, 7) is 2.08. The number of nitriles is 1. The molecule has 9 nitrogen and oxygen atoms in total. The van der Waals surface area contributed by atoms with Gasteiger partial charge in [-0.2, -0.15) is 14.6 Å². The van der Waals surface area contributed by atoms with Gasteiger partial charge in [0.15, 0.2) is 11.6 Å². The van der Waals surface area contributed by atoms with Crippen LogP contribution in [0.15, 0.2) is 40.9 Å². The summed E-state index contributed by atoms with van der Waals surface area (Å²) < 4.78 is 16.2. The normalized spacial score (nSPS) is 19.6. The van der Waals surface area contributed by atoms with Crippen molar-refractivity contribution < 1.29 is 4.21 Å². The van der Waals surface area contributed by atoms with E-state index in [4.69, 9.17) is 0 Å². The summed E-state index contributed by atoms with van der Waals surface area (Å²) in [6.07, 6.45) is 9.72. The van der Waals surface area contributed by atoms with Gasteiger partial charge in [-0.05, 0) is 85.0 Å². The Hall–Kier alpha value is -3.55. The molecule has 0 saturated heterocycles. The Kier molecular flexibility index (Phi) is 5.66. The minimum atomic E-state index is -2.35. The summed E-state index contributed by atoms with van der Waals surface area (Å²) >= 11 is 0. The van der Waals surface area contributed by atoms with Crippen LogP contribution in [-0.2, 0) is 21.7 Å². The van der Waals surface area contributed by atoms with Gasteiger partial charge in [-0.3, -0.25) is 0 Å². The van der Waals surface area contributed by atoms with Crippen molar-refractivity contribution in [2.24, 2.45) is 4.36 Å². The molecule has 1 saturated carbocycles. The van der Waals surface area contributed by atoms with Crippen molar-refractivity contribution >= 4 is 38.8 Å². The van der Waals surface area contributed by atoms with Crippen LogP contribution in [0.4, 0.5) is 29.1 Å². The lowest BCUT2D eigenvalue weighted by molar-refractivity contribution is 0.259. The van der Waals surface area contributed by atoms with Crippen LogP contribution in [0.5, 0.6) is 0 Å². The first-order valence-electron chi connectivity index (χ1n) is 12.5. The maximum absolute atomic E-state index is 12.1. The van der Waals surface area contributed by atoms with Crippen molar-refractivity contribution in [2.75, 3.05) is 36.7 Å². The molecule has 3 aromatic rings. The predicted molar refractivity (Wildman–Crippen MR) is 145 cm³/mol. The number of aromatic nitrogens is 3. The first-order valence-corrected chi connectivity index (χ1v) is 14.9. The van der Waals surface area contributed by atoms with E-state index in [0.717, 1.165) is 18.8 Å². The average Bonchev–Trinajstić information content (AvgIpc) is 3.61. The van der Waals surface area contributed by atoms with Crippen LogP contribution in [0.2, 0.25) is 0 Å². The fraction of sp³-hybridized carbons (Fsp3) is 0.407. The Balaban J connectivity index is 1.32. The van der Waals surface area contributed by atoms with Crippen molar-refractivity contribution in [1.82, 2.24) is 19.9 Å². The quantitative estimate of drug-likeness (QED) is 0.491. The standard InChI is InChI=1S/C27H30N8OS/c1-35-15-17-7-8-27(9-10-27)21-12-20(11-18(16-35)24(17)21)30-26-29-14-19(13-28)25(33-26)32-22-5-4-6-23(31-22)34-37(2,3)36/h4-6,11-12,14,17H,7-10,15-16H2,1-3H3,(H2,29,30,31,32,33). The monoisotopic (exact) mass is 514 g/mol. The lowest BCUT2D eigenvalue weighted by Crippen LogP contribution is -2.35. The van der Waals surface area contributed by atoms with E-state index in [2.05, 4.69) is 60.1 Å². The predicted octanol–water partition coefficient (Wildman–Crippen LogP) is 4.94. The summed E-state index contributed by atoms with van der Waals surface area (Å²) in [5.74, 6) is 2.17. The highest BCUT2D eigenvalue weighted by Crippen LogP contribution is 2.59. The van der Waals surface area contributed by atoms with Crippen molar-refractivity contribution in [2.45, 2.75) is 43.6 Å². The third kappa shape index (κ3) is 4.77. The zero-order valence-electron chi connectivity index (χ0n) is 21.3. The second kappa shape index (κ2) is 8.78. The van der Waals surface area contributed by atoms with E-state index in [1.807, 2.05) is 0 Å². The Morgan fingerprint density at radius 3 is 2.78 bits per heavy atom. The maximum Gasteiger partial charge on any atom is 0.229 e. The number of nitrogens with one attached hydrogen (secondary N) is 2. The molecular formula is C27H30N8OS. The fourth-order valence-corrected chi connectivity index (χ4v) is 6.34. The van der Waals surface area contributed by atoms with Gasteiger partial charge in [0.05, 0.1) is 6.20 Å². The van der Waals surface area contributed by atoms with E-state index in [1.165, 1.54) is 43.0 Å². The van der Waals surface area contributed by atoms with E-state index < -0.39 is 9.73 Å². The molecule has 3 heterocycles. The highest BCUT2D eigenvalue weighted by atomic mass is 32.2. The van der Waals surface area contributed by atoms with Crippen LogP contribution in [0.1, 0.15) is 53.9 Å². The molecule has 0 radical (unpaired) electrons. The Morgan fingerprint density at radius 1 is 1.19 bits per heavy atom. The summed E-state index contributed by atoms with van der Waals surface area (Å²) in [7, 11) is -0.150. The molecule has 2 aromatic heterocycles. The zero-order valence-corrected chi connectivity index (χ0v) is 22.1. The number of benzene rings is 1. The summed E-state index contributed by atoms with van der Waals surface area (Å²) in [5, 5.41) is 16.1. The number of pyridine rings is 1. The second-order valence-corrected chi connectivity index (χ2v) is 13.3. The molecule has 10 heteroatoms. The molecule has 1 spiro atoms. The van der Waals surface area contributed by atoms with Crippen LogP contribution in [0.3, 0.4) is 0 Å². The molecule has 1 aliphatic heterocycles. The van der Waals surface area contributed by atoms with E-state index >= 15 is 0 Å². The molecule has 37 heavy (non-hydrogen) atoms. The molecule has 0 amide bonds. The number of nitrogens with zero attached hydrogens (tertiary/aromatic N) is 6. The van der Waals surface area contributed by atoms with Gasteiger partial charge >= 0.3 is 0 Å². The summed E-state index contributed by atoms with van der Waals surface area (Å²) in [4.78, 5) is 15.8. The van der Waals surface area contributed by atoms with Crippen molar-refractivity contribution in [1.29, 1.82) is 5.26 Å². The molecule has 0 bridgehead atoms. The molecule has 1 fully saturated rings. The maximum atomic E-state index is 12.1. The van der Waals surface area contributed by atoms with E-state index in [-0.39, 0.29) is 0 Å². The summed E-state index contributed by atoms with van der Waals surface area (Å²) in [5.41, 5.74) is 6.11.